The van der Waals surface area contributed by atoms with Crippen LogP contribution in [-0.4, -0.2) is 63.6 Å². The maximum absolute atomic E-state index is 11.9. The van der Waals surface area contributed by atoms with Crippen LogP contribution in [0.15, 0.2) is 24.3 Å². The number of benzene rings is 1. The van der Waals surface area contributed by atoms with E-state index in [1.165, 1.54) is 11.8 Å². The lowest BCUT2D eigenvalue weighted by Gasteiger charge is -2.42. The molecule has 2 fully saturated rings. The number of para-hydroxylation sites is 1. The number of nitrogens with one attached hydrogen (secondary N) is 1. The third kappa shape index (κ3) is 5.32. The van der Waals surface area contributed by atoms with Gasteiger partial charge in [0.2, 0.25) is 10.0 Å². The zero-order valence-electron chi connectivity index (χ0n) is 17.5. The minimum Gasteiger partial charge on any atom is -0.489 e. The van der Waals surface area contributed by atoms with E-state index in [1.54, 1.807) is 0 Å². The molecule has 0 radical (unpaired) electrons. The molecule has 6 nitrogen and oxygen atoms in total. The monoisotopic (exact) mass is 422 g/mol. The first-order valence-corrected chi connectivity index (χ1v) is 12.9. The van der Waals surface area contributed by atoms with Gasteiger partial charge in [-0.3, -0.25) is 4.90 Å². The van der Waals surface area contributed by atoms with Crippen molar-refractivity contribution in [2.45, 2.75) is 75.7 Å². The first-order chi connectivity index (χ1) is 13.9. The van der Waals surface area contributed by atoms with E-state index in [-0.39, 0.29) is 24.3 Å². The Morgan fingerprint density at radius 2 is 1.86 bits per heavy atom. The number of fused-ring (bicyclic) bond motifs is 5. The van der Waals surface area contributed by atoms with Crippen LogP contribution in [0.5, 0.6) is 5.75 Å². The van der Waals surface area contributed by atoms with Gasteiger partial charge >= 0.3 is 0 Å². The molecule has 7 heteroatoms. The third-order valence-corrected chi connectivity index (χ3v) is 7.35. The number of hydrogen-bond donors (Lipinski definition) is 1. The summed E-state index contributed by atoms with van der Waals surface area (Å²) in [6, 6.07) is 8.39. The maximum Gasteiger partial charge on any atom is 0.209 e. The Kier molecular flexibility index (Phi) is 6.49. The molecule has 1 aliphatic carbocycles. The number of sulfonamides is 1. The van der Waals surface area contributed by atoms with Crippen molar-refractivity contribution in [3.05, 3.63) is 29.8 Å². The van der Waals surface area contributed by atoms with Gasteiger partial charge in [0.05, 0.1) is 19.0 Å². The van der Waals surface area contributed by atoms with Crippen LogP contribution < -0.4 is 9.46 Å². The summed E-state index contributed by atoms with van der Waals surface area (Å²) >= 11 is 0. The number of nitrogens with zero attached hydrogens (tertiary/aromatic N) is 1. The van der Waals surface area contributed by atoms with E-state index < -0.39 is 10.0 Å². The highest BCUT2D eigenvalue weighted by molar-refractivity contribution is 7.88. The molecule has 1 N–H and O–H groups in total. The predicted molar refractivity (Wildman–Crippen MR) is 114 cm³/mol. The summed E-state index contributed by atoms with van der Waals surface area (Å²) in [6.07, 6.45) is 7.67. The second kappa shape index (κ2) is 8.92. The molecule has 1 saturated carbocycles. The zero-order valence-corrected chi connectivity index (χ0v) is 18.4. The molecule has 1 aromatic carbocycles. The van der Waals surface area contributed by atoms with Gasteiger partial charge in [-0.2, -0.15) is 0 Å². The average Bonchev–Trinajstić information content (AvgIpc) is 2.68. The third-order valence-electron chi connectivity index (χ3n) is 6.61. The Morgan fingerprint density at radius 1 is 1.10 bits per heavy atom. The minimum atomic E-state index is -3.26. The van der Waals surface area contributed by atoms with Gasteiger partial charge in [-0.05, 0) is 69.5 Å². The van der Waals surface area contributed by atoms with Crippen LogP contribution in [0.4, 0.5) is 0 Å². The lowest BCUT2D eigenvalue weighted by molar-refractivity contribution is -0.0323. The zero-order chi connectivity index (χ0) is 20.4. The minimum absolute atomic E-state index is 0.0218. The first-order valence-electron chi connectivity index (χ1n) is 11.0. The number of rotatable bonds is 2. The maximum atomic E-state index is 11.9. The molecule has 1 saturated heterocycles. The molecule has 3 heterocycles. The molecule has 0 aromatic heterocycles. The van der Waals surface area contributed by atoms with Crippen molar-refractivity contribution in [1.82, 2.24) is 9.62 Å². The Labute approximate surface area is 175 Å². The van der Waals surface area contributed by atoms with E-state index in [0.717, 1.165) is 57.4 Å². The van der Waals surface area contributed by atoms with Crippen molar-refractivity contribution in [3.8, 4) is 5.75 Å². The predicted octanol–water partition coefficient (Wildman–Crippen LogP) is 2.89. The number of hydrogen-bond acceptors (Lipinski definition) is 5. The van der Waals surface area contributed by atoms with E-state index in [0.29, 0.717) is 12.5 Å². The summed E-state index contributed by atoms with van der Waals surface area (Å²) in [4.78, 5) is 2.37. The van der Waals surface area contributed by atoms with Crippen LogP contribution in [0.25, 0.3) is 0 Å². The summed E-state index contributed by atoms with van der Waals surface area (Å²) in [5.74, 6) is 1.53. The van der Waals surface area contributed by atoms with Crippen molar-refractivity contribution in [2.24, 2.45) is 0 Å². The fraction of sp³-hybridized carbons (Fsp3) is 0.727. The van der Waals surface area contributed by atoms with Crippen molar-refractivity contribution in [1.29, 1.82) is 0 Å². The summed E-state index contributed by atoms with van der Waals surface area (Å²) in [7, 11) is -3.26. The van der Waals surface area contributed by atoms with Gasteiger partial charge in [0.25, 0.3) is 0 Å². The largest absolute Gasteiger partial charge is 0.489 e. The van der Waals surface area contributed by atoms with Crippen LogP contribution in [0.3, 0.4) is 0 Å². The Morgan fingerprint density at radius 3 is 2.62 bits per heavy atom. The van der Waals surface area contributed by atoms with Crippen molar-refractivity contribution in [3.63, 3.8) is 0 Å². The smallest absolute Gasteiger partial charge is 0.209 e. The van der Waals surface area contributed by atoms with Gasteiger partial charge in [-0.1, -0.05) is 18.2 Å². The number of piperidine rings is 1. The number of ether oxygens (including phenoxy) is 2. The highest BCUT2D eigenvalue weighted by Gasteiger charge is 2.36. The van der Waals surface area contributed by atoms with Crippen LogP contribution in [0.1, 0.15) is 56.9 Å². The summed E-state index contributed by atoms with van der Waals surface area (Å²) in [5, 5.41) is 0. The van der Waals surface area contributed by atoms with Crippen LogP contribution >= 0.6 is 0 Å². The van der Waals surface area contributed by atoms with Crippen molar-refractivity contribution < 1.29 is 17.9 Å². The van der Waals surface area contributed by atoms with E-state index in [2.05, 4.69) is 34.7 Å². The molecule has 2 bridgehead atoms. The molecule has 0 amide bonds. The topological polar surface area (TPSA) is 67.9 Å². The molecule has 29 heavy (non-hydrogen) atoms. The highest BCUT2D eigenvalue weighted by atomic mass is 32.2. The van der Waals surface area contributed by atoms with Crippen LogP contribution in [0, 0.1) is 0 Å². The van der Waals surface area contributed by atoms with Gasteiger partial charge in [-0.25, -0.2) is 13.1 Å². The van der Waals surface area contributed by atoms with E-state index in [1.807, 2.05) is 6.07 Å². The molecular formula is C22H34N2O4S. The molecule has 3 atom stereocenters. The van der Waals surface area contributed by atoms with E-state index in [4.69, 9.17) is 9.47 Å². The lowest BCUT2D eigenvalue weighted by Crippen LogP contribution is -2.58. The lowest BCUT2D eigenvalue weighted by atomic mass is 9.82. The average molecular weight is 423 g/mol. The fourth-order valence-corrected chi connectivity index (χ4v) is 6.10. The van der Waals surface area contributed by atoms with Gasteiger partial charge in [0.15, 0.2) is 0 Å². The first kappa shape index (κ1) is 21.1. The Bertz CT molecular complexity index is 792. The summed E-state index contributed by atoms with van der Waals surface area (Å²) < 4.78 is 39.5. The van der Waals surface area contributed by atoms with E-state index >= 15 is 0 Å². The summed E-state index contributed by atoms with van der Waals surface area (Å²) in [5.41, 5.74) is 1.32. The molecule has 0 spiro atoms. The Hall–Kier alpha value is -1.15. The molecule has 3 aliphatic heterocycles. The SMILES string of the molecule is C[C@H]1CN2CCCC(NS(C)(=O)=O)C2COC2CCC(CC2)c2ccccc2O1. The van der Waals surface area contributed by atoms with Crippen molar-refractivity contribution >= 4 is 10.0 Å². The van der Waals surface area contributed by atoms with E-state index in [9.17, 15) is 8.42 Å². The molecule has 162 valence electrons. The fourth-order valence-electron chi connectivity index (χ4n) is 5.27. The summed E-state index contributed by atoms with van der Waals surface area (Å²) in [6.45, 7) is 4.39. The highest BCUT2D eigenvalue weighted by Crippen LogP contribution is 2.39. The van der Waals surface area contributed by atoms with Crippen molar-refractivity contribution in [2.75, 3.05) is 26.0 Å². The molecule has 5 rings (SSSR count). The Balaban J connectivity index is 1.60. The van der Waals surface area contributed by atoms with Gasteiger partial charge in [-0.15, -0.1) is 0 Å². The normalized spacial score (nSPS) is 34.1. The quantitative estimate of drug-likeness (QED) is 0.794. The van der Waals surface area contributed by atoms with Gasteiger partial charge in [0, 0.05) is 18.6 Å². The molecule has 1 aromatic rings. The molecule has 4 aliphatic rings. The second-order valence-electron chi connectivity index (χ2n) is 8.97. The molecule has 2 unspecified atom stereocenters. The second-order valence-corrected chi connectivity index (χ2v) is 10.8. The van der Waals surface area contributed by atoms with Gasteiger partial charge in [0.1, 0.15) is 11.9 Å². The van der Waals surface area contributed by atoms with Crippen LogP contribution in [-0.2, 0) is 14.8 Å². The van der Waals surface area contributed by atoms with Gasteiger partial charge < -0.3 is 9.47 Å². The van der Waals surface area contributed by atoms with Crippen LogP contribution in [0.2, 0.25) is 0 Å². The standard InChI is InChI=1S/C22H34N2O4S/c1-16-14-24-13-5-7-20(23-29(2,25)26)21(24)15-27-18-11-9-17(10-12-18)19-6-3-4-8-22(19)28-16/h3-4,6,8,16-18,20-21,23H,5,7,9-15H2,1-2H3/t16-,17?,18?,20?,21?/m0/s1. The molecular weight excluding hydrogens is 388 g/mol.